The number of rotatable bonds is 5. The Bertz CT molecular complexity index is 3500. The molecule has 0 aliphatic heterocycles. The van der Waals surface area contributed by atoms with Crippen molar-refractivity contribution < 1.29 is 4.42 Å². The molecule has 12 rings (SSSR count). The van der Waals surface area contributed by atoms with Crippen LogP contribution < -0.4 is 0 Å². The average Bonchev–Trinajstić information content (AvgIpc) is 3.81. The van der Waals surface area contributed by atoms with Crippen LogP contribution in [0.4, 0.5) is 0 Å². The lowest BCUT2D eigenvalue weighted by atomic mass is 9.84. The van der Waals surface area contributed by atoms with Gasteiger partial charge in [0.15, 0.2) is 0 Å². The molecule has 1 unspecified atom stereocenters. The van der Waals surface area contributed by atoms with Crippen molar-refractivity contribution in [3.05, 3.63) is 211 Å². The molecule has 1 nitrogen and oxygen atoms in total. The Labute approximate surface area is 336 Å². The van der Waals surface area contributed by atoms with Crippen molar-refractivity contribution in [3.63, 3.8) is 0 Å². The SMILES string of the molecule is C=C(CC1C(=C)Cc2c1ccc1ccc3c4ccccc4oc3c21)c1ccc2cc(-c3c4ccccc4c(-c4cccc5ccccc45)c4ccccc34)ccc2c1. The zero-order valence-corrected chi connectivity index (χ0v) is 32.1. The summed E-state index contributed by atoms with van der Waals surface area (Å²) in [5.41, 5.74) is 13.2. The predicted molar refractivity (Wildman–Crippen MR) is 248 cm³/mol. The normalized spacial score (nSPS) is 14.1. The van der Waals surface area contributed by atoms with Crippen molar-refractivity contribution >= 4 is 81.4 Å². The monoisotopic (exact) mass is 738 g/mol. The van der Waals surface area contributed by atoms with E-state index in [1.165, 1.54) is 109 Å². The minimum atomic E-state index is 0.211. The standard InChI is InChI=1S/C57H38O/c1-34(30-51-35(2)31-52-43(51)28-26-37-27-29-50-44-15-9-10-21-53(44)58-57(50)55(37)52)38-22-23-40-33-41(25-24-39(40)32-38)54-46-16-5-7-18-48(46)56(49-19-8-6-17-47(49)54)45-20-11-13-36-12-3-4-14-42(36)45/h3-29,32-33,51H,1-2,30-31H2. The van der Waals surface area contributed by atoms with Crippen LogP contribution in [0.25, 0.3) is 104 Å². The molecule has 1 aliphatic carbocycles. The van der Waals surface area contributed by atoms with Crippen LogP contribution in [0.1, 0.15) is 29.0 Å². The fraction of sp³-hybridized carbons (Fsp3) is 0.0526. The van der Waals surface area contributed by atoms with Gasteiger partial charge < -0.3 is 4.42 Å². The number of hydrogen-bond acceptors (Lipinski definition) is 1. The predicted octanol–water partition coefficient (Wildman–Crippen LogP) is 16.0. The van der Waals surface area contributed by atoms with Crippen LogP contribution in [-0.2, 0) is 6.42 Å². The highest BCUT2D eigenvalue weighted by Crippen LogP contribution is 2.48. The lowest BCUT2D eigenvalue weighted by Crippen LogP contribution is -1.98. The first-order valence-corrected chi connectivity index (χ1v) is 20.3. The second-order valence-corrected chi connectivity index (χ2v) is 16.1. The van der Waals surface area contributed by atoms with Gasteiger partial charge in [0.1, 0.15) is 11.2 Å². The highest BCUT2D eigenvalue weighted by molar-refractivity contribution is 6.24. The molecule has 58 heavy (non-hydrogen) atoms. The summed E-state index contributed by atoms with van der Waals surface area (Å²) >= 11 is 0. The minimum Gasteiger partial charge on any atom is -0.455 e. The fourth-order valence-electron chi connectivity index (χ4n) is 10.2. The van der Waals surface area contributed by atoms with Crippen LogP contribution in [0.3, 0.4) is 0 Å². The Hall–Kier alpha value is -7.22. The van der Waals surface area contributed by atoms with Crippen LogP contribution in [-0.4, -0.2) is 0 Å². The Morgan fingerprint density at radius 2 is 1.14 bits per heavy atom. The Kier molecular flexibility index (Phi) is 7.19. The first-order valence-electron chi connectivity index (χ1n) is 20.3. The van der Waals surface area contributed by atoms with Crippen molar-refractivity contribution in [2.24, 2.45) is 0 Å². The summed E-state index contributed by atoms with van der Waals surface area (Å²) in [7, 11) is 0. The van der Waals surface area contributed by atoms with Crippen LogP contribution in [0.2, 0.25) is 0 Å². The quantitative estimate of drug-likeness (QED) is 0.127. The molecule has 0 radical (unpaired) electrons. The van der Waals surface area contributed by atoms with E-state index in [0.29, 0.717) is 0 Å². The second-order valence-electron chi connectivity index (χ2n) is 16.1. The number of para-hydroxylation sites is 1. The smallest absolute Gasteiger partial charge is 0.143 e. The highest BCUT2D eigenvalue weighted by atomic mass is 16.3. The summed E-state index contributed by atoms with van der Waals surface area (Å²) in [5.74, 6) is 0.211. The molecule has 1 aromatic heterocycles. The third-order valence-corrected chi connectivity index (χ3v) is 12.9. The van der Waals surface area contributed by atoms with E-state index in [0.717, 1.165) is 29.6 Å². The summed E-state index contributed by atoms with van der Waals surface area (Å²) in [6, 6.07) is 64.4. The number of hydrogen-bond donors (Lipinski definition) is 0. The van der Waals surface area contributed by atoms with Crippen molar-refractivity contribution in [1.29, 1.82) is 0 Å². The zero-order valence-electron chi connectivity index (χ0n) is 32.1. The molecule has 10 aromatic carbocycles. The van der Waals surface area contributed by atoms with Crippen LogP contribution in [0.5, 0.6) is 0 Å². The third-order valence-electron chi connectivity index (χ3n) is 12.9. The summed E-state index contributed by atoms with van der Waals surface area (Å²) < 4.78 is 6.52. The van der Waals surface area contributed by atoms with Crippen molar-refractivity contribution in [3.8, 4) is 22.3 Å². The lowest BCUT2D eigenvalue weighted by Gasteiger charge is -2.19. The number of fused-ring (bicyclic) bond motifs is 11. The molecule has 0 saturated carbocycles. The van der Waals surface area contributed by atoms with E-state index in [-0.39, 0.29) is 5.92 Å². The van der Waals surface area contributed by atoms with Gasteiger partial charge >= 0.3 is 0 Å². The number of allylic oxidation sites excluding steroid dienone is 2. The van der Waals surface area contributed by atoms with Gasteiger partial charge in [0.2, 0.25) is 0 Å². The number of benzene rings is 10. The van der Waals surface area contributed by atoms with E-state index in [4.69, 9.17) is 4.42 Å². The molecule has 1 heterocycles. The van der Waals surface area contributed by atoms with Crippen LogP contribution >= 0.6 is 0 Å². The van der Waals surface area contributed by atoms with Gasteiger partial charge in [-0.05, 0) is 130 Å². The molecular weight excluding hydrogens is 701 g/mol. The molecule has 272 valence electrons. The largest absolute Gasteiger partial charge is 0.455 e. The molecule has 0 N–H and O–H groups in total. The van der Waals surface area contributed by atoms with E-state index in [2.05, 4.69) is 183 Å². The van der Waals surface area contributed by atoms with Crippen molar-refractivity contribution in [1.82, 2.24) is 0 Å². The summed E-state index contributed by atoms with van der Waals surface area (Å²) in [6.45, 7) is 9.29. The number of furan rings is 1. The van der Waals surface area contributed by atoms with Crippen molar-refractivity contribution in [2.45, 2.75) is 18.8 Å². The molecule has 1 aliphatic rings. The maximum absolute atomic E-state index is 6.52. The average molecular weight is 739 g/mol. The topological polar surface area (TPSA) is 13.1 Å². The Balaban J connectivity index is 0.918. The van der Waals surface area contributed by atoms with Gasteiger partial charge in [0.25, 0.3) is 0 Å². The second kappa shape index (κ2) is 12.6. The molecule has 0 spiro atoms. The Morgan fingerprint density at radius 3 is 1.93 bits per heavy atom. The third kappa shape index (κ3) is 4.90. The maximum Gasteiger partial charge on any atom is 0.143 e. The summed E-state index contributed by atoms with van der Waals surface area (Å²) in [4.78, 5) is 0. The maximum atomic E-state index is 6.52. The van der Waals surface area contributed by atoms with Crippen LogP contribution in [0, 0.1) is 0 Å². The van der Waals surface area contributed by atoms with Gasteiger partial charge in [-0.15, -0.1) is 0 Å². The van der Waals surface area contributed by atoms with Crippen LogP contribution in [0.15, 0.2) is 199 Å². The summed E-state index contributed by atoms with van der Waals surface area (Å²) in [5, 5.41) is 14.8. The van der Waals surface area contributed by atoms with E-state index in [1.807, 2.05) is 6.07 Å². The van der Waals surface area contributed by atoms with Gasteiger partial charge in [0.05, 0.1) is 0 Å². The van der Waals surface area contributed by atoms with Gasteiger partial charge in [-0.25, -0.2) is 0 Å². The first-order chi connectivity index (χ1) is 28.6. The highest BCUT2D eigenvalue weighted by Gasteiger charge is 2.30. The minimum absolute atomic E-state index is 0.211. The zero-order chi connectivity index (χ0) is 38.5. The summed E-state index contributed by atoms with van der Waals surface area (Å²) in [6.07, 6.45) is 1.69. The van der Waals surface area contributed by atoms with E-state index < -0.39 is 0 Å². The molecule has 1 atom stereocenters. The molecule has 0 bridgehead atoms. The first kappa shape index (κ1) is 33.0. The van der Waals surface area contributed by atoms with E-state index in [9.17, 15) is 0 Å². The molecule has 11 aromatic rings. The van der Waals surface area contributed by atoms with Crippen molar-refractivity contribution in [2.75, 3.05) is 0 Å². The molecule has 0 saturated heterocycles. The molecular formula is C57H38O. The molecule has 0 fully saturated rings. The van der Waals surface area contributed by atoms with E-state index in [1.54, 1.807) is 0 Å². The molecule has 0 amide bonds. The molecule has 1 heteroatoms. The lowest BCUT2D eigenvalue weighted by molar-refractivity contribution is 0.672. The van der Waals surface area contributed by atoms with Gasteiger partial charge in [-0.1, -0.05) is 170 Å². The Morgan fingerprint density at radius 1 is 0.517 bits per heavy atom. The van der Waals surface area contributed by atoms with Gasteiger partial charge in [-0.3, -0.25) is 0 Å². The fourth-order valence-corrected chi connectivity index (χ4v) is 10.2. The van der Waals surface area contributed by atoms with E-state index >= 15 is 0 Å². The van der Waals surface area contributed by atoms with Gasteiger partial charge in [-0.2, -0.15) is 0 Å². The van der Waals surface area contributed by atoms with Gasteiger partial charge in [0, 0.05) is 22.1 Å².